The molecule has 1 aromatic carbocycles. The standard InChI is InChI=1S/C19H29F3N2O2S.CH5N/c1-23-14-4-2-3-5-15-6-10-17(11-7-15)24-27(25,26)18-12-8-16(9-13-18)19(20,21)22;1-2/h8-9,12-13,15,17,23-24H,2-7,10-11,14H2,1H3;2H2,1H3. The third kappa shape index (κ3) is 9.02. The van der Waals surface area contributed by atoms with E-state index in [2.05, 4.69) is 15.8 Å². The Morgan fingerprint density at radius 3 is 2.10 bits per heavy atom. The topological polar surface area (TPSA) is 84.2 Å². The highest BCUT2D eigenvalue weighted by atomic mass is 32.2. The van der Waals surface area contributed by atoms with Gasteiger partial charge in [-0.05, 0) is 82.9 Å². The number of sulfonamides is 1. The smallest absolute Gasteiger partial charge is 0.333 e. The second-order valence-electron chi connectivity index (χ2n) is 7.31. The van der Waals surface area contributed by atoms with E-state index in [0.29, 0.717) is 5.92 Å². The van der Waals surface area contributed by atoms with Gasteiger partial charge in [0, 0.05) is 6.04 Å². The molecule has 0 amide bonds. The predicted molar refractivity (Wildman–Crippen MR) is 110 cm³/mol. The molecule has 1 aromatic rings. The molecule has 0 unspecified atom stereocenters. The van der Waals surface area contributed by atoms with Gasteiger partial charge in [-0.25, -0.2) is 13.1 Å². The first-order chi connectivity index (χ1) is 13.7. The molecular formula is C20H34F3N3O2S. The lowest BCUT2D eigenvalue weighted by molar-refractivity contribution is -0.137. The molecule has 0 spiro atoms. The summed E-state index contributed by atoms with van der Waals surface area (Å²) in [6.07, 6.45) is 3.85. The van der Waals surface area contributed by atoms with Gasteiger partial charge in [0.25, 0.3) is 0 Å². The SMILES string of the molecule is CN.CNCCCCCC1CCC(NS(=O)(=O)c2ccc(C(F)(F)F)cc2)CC1. The number of hydrogen-bond donors (Lipinski definition) is 3. The second kappa shape index (κ2) is 12.5. The fraction of sp³-hybridized carbons (Fsp3) is 0.700. The quantitative estimate of drug-likeness (QED) is 0.512. The number of hydrogen-bond acceptors (Lipinski definition) is 4. The van der Waals surface area contributed by atoms with Crippen molar-refractivity contribution in [1.82, 2.24) is 10.0 Å². The minimum atomic E-state index is -4.47. The summed E-state index contributed by atoms with van der Waals surface area (Å²) in [5.74, 6) is 0.645. The van der Waals surface area contributed by atoms with Gasteiger partial charge in [-0.3, -0.25) is 0 Å². The van der Waals surface area contributed by atoms with Crippen molar-refractivity contribution in [1.29, 1.82) is 0 Å². The van der Waals surface area contributed by atoms with Gasteiger partial charge < -0.3 is 11.1 Å². The molecule has 5 nitrogen and oxygen atoms in total. The molecule has 2 rings (SSSR count). The number of benzene rings is 1. The highest BCUT2D eigenvalue weighted by Gasteiger charge is 2.31. The molecular weight excluding hydrogens is 403 g/mol. The summed E-state index contributed by atoms with van der Waals surface area (Å²) in [6, 6.07) is 3.50. The van der Waals surface area contributed by atoms with Gasteiger partial charge in [0.1, 0.15) is 0 Å². The van der Waals surface area contributed by atoms with Crippen LogP contribution in [0.2, 0.25) is 0 Å². The van der Waals surface area contributed by atoms with E-state index in [1.54, 1.807) is 0 Å². The fourth-order valence-corrected chi connectivity index (χ4v) is 4.90. The minimum Gasteiger partial charge on any atom is -0.333 e. The van der Waals surface area contributed by atoms with Crippen LogP contribution in [0.3, 0.4) is 0 Å². The third-order valence-corrected chi connectivity index (χ3v) is 6.74. The zero-order chi connectivity index (χ0) is 21.9. The summed E-state index contributed by atoms with van der Waals surface area (Å²) in [7, 11) is -0.340. The Morgan fingerprint density at radius 2 is 1.59 bits per heavy atom. The maximum absolute atomic E-state index is 12.6. The van der Waals surface area contributed by atoms with Crippen LogP contribution < -0.4 is 15.8 Å². The number of rotatable bonds is 9. The number of nitrogens with two attached hydrogens (primary N) is 1. The van der Waals surface area contributed by atoms with Gasteiger partial charge in [0.15, 0.2) is 0 Å². The van der Waals surface area contributed by atoms with Crippen LogP contribution in [0.4, 0.5) is 13.2 Å². The molecule has 9 heteroatoms. The van der Waals surface area contributed by atoms with Crippen LogP contribution in [0, 0.1) is 5.92 Å². The van der Waals surface area contributed by atoms with Gasteiger partial charge in [0.05, 0.1) is 10.5 Å². The average Bonchev–Trinajstić information content (AvgIpc) is 2.70. The van der Waals surface area contributed by atoms with Crippen molar-refractivity contribution in [3.05, 3.63) is 29.8 Å². The van der Waals surface area contributed by atoms with Crippen LogP contribution in [-0.4, -0.2) is 35.1 Å². The fourth-order valence-electron chi connectivity index (χ4n) is 3.59. The van der Waals surface area contributed by atoms with Gasteiger partial charge in [-0.15, -0.1) is 0 Å². The van der Waals surface area contributed by atoms with Gasteiger partial charge >= 0.3 is 6.18 Å². The van der Waals surface area contributed by atoms with E-state index in [0.717, 1.165) is 56.5 Å². The number of unbranched alkanes of at least 4 members (excludes halogenated alkanes) is 2. The summed E-state index contributed by atoms with van der Waals surface area (Å²) in [4.78, 5) is -0.123. The highest BCUT2D eigenvalue weighted by Crippen LogP contribution is 2.31. The van der Waals surface area contributed by atoms with Crippen molar-refractivity contribution < 1.29 is 21.6 Å². The van der Waals surface area contributed by atoms with E-state index in [9.17, 15) is 21.6 Å². The van der Waals surface area contributed by atoms with Crippen molar-refractivity contribution in [3.63, 3.8) is 0 Å². The molecule has 1 fully saturated rings. The Hall–Kier alpha value is -1.16. The molecule has 0 aliphatic heterocycles. The zero-order valence-corrected chi connectivity index (χ0v) is 18.1. The summed E-state index contributed by atoms with van der Waals surface area (Å²) in [5.41, 5.74) is 3.65. The van der Waals surface area contributed by atoms with Crippen LogP contribution in [0.5, 0.6) is 0 Å². The van der Waals surface area contributed by atoms with Gasteiger partial charge in [-0.2, -0.15) is 13.2 Å². The van der Waals surface area contributed by atoms with Crippen molar-refractivity contribution in [3.8, 4) is 0 Å². The maximum atomic E-state index is 12.6. The Morgan fingerprint density at radius 1 is 1.00 bits per heavy atom. The number of alkyl halides is 3. The van der Waals surface area contributed by atoms with Crippen molar-refractivity contribution in [2.75, 3.05) is 20.6 Å². The van der Waals surface area contributed by atoms with E-state index in [4.69, 9.17) is 0 Å². The summed E-state index contributed by atoms with van der Waals surface area (Å²) in [6.45, 7) is 1.04. The second-order valence-corrected chi connectivity index (χ2v) is 9.03. The van der Waals surface area contributed by atoms with Crippen LogP contribution in [-0.2, 0) is 16.2 Å². The Kier molecular flexibility index (Phi) is 11.2. The van der Waals surface area contributed by atoms with E-state index in [-0.39, 0.29) is 10.9 Å². The molecule has 0 radical (unpaired) electrons. The van der Waals surface area contributed by atoms with Crippen LogP contribution in [0.1, 0.15) is 56.9 Å². The molecule has 0 atom stereocenters. The minimum absolute atomic E-state index is 0.123. The molecule has 1 aliphatic carbocycles. The Bertz CT molecular complexity index is 671. The first-order valence-corrected chi connectivity index (χ1v) is 11.6. The lowest BCUT2D eigenvalue weighted by atomic mass is 9.83. The monoisotopic (exact) mass is 437 g/mol. The predicted octanol–water partition coefficient (Wildman–Crippen LogP) is 3.90. The Balaban J connectivity index is 0.00000204. The summed E-state index contributed by atoms with van der Waals surface area (Å²) >= 11 is 0. The van der Waals surface area contributed by atoms with Crippen LogP contribution in [0.15, 0.2) is 29.2 Å². The van der Waals surface area contributed by atoms with E-state index < -0.39 is 21.8 Å². The van der Waals surface area contributed by atoms with E-state index >= 15 is 0 Å². The van der Waals surface area contributed by atoms with Crippen LogP contribution in [0.25, 0.3) is 0 Å². The molecule has 1 saturated carbocycles. The first kappa shape index (κ1) is 25.9. The van der Waals surface area contributed by atoms with Gasteiger partial charge in [-0.1, -0.05) is 19.3 Å². The molecule has 0 heterocycles. The van der Waals surface area contributed by atoms with Crippen molar-refractivity contribution in [2.45, 2.75) is 68.5 Å². The van der Waals surface area contributed by atoms with Crippen molar-refractivity contribution >= 4 is 10.0 Å². The first-order valence-electron chi connectivity index (χ1n) is 10.1. The largest absolute Gasteiger partial charge is 0.416 e. The summed E-state index contributed by atoms with van der Waals surface area (Å²) in [5, 5.41) is 3.14. The normalized spacial score (nSPS) is 20.1. The number of nitrogens with one attached hydrogen (secondary N) is 2. The molecule has 4 N–H and O–H groups in total. The lowest BCUT2D eigenvalue weighted by Crippen LogP contribution is -2.37. The maximum Gasteiger partial charge on any atom is 0.416 e. The molecule has 168 valence electrons. The van der Waals surface area contributed by atoms with Crippen LogP contribution >= 0.6 is 0 Å². The highest BCUT2D eigenvalue weighted by molar-refractivity contribution is 7.89. The zero-order valence-electron chi connectivity index (χ0n) is 17.3. The van der Waals surface area contributed by atoms with Gasteiger partial charge in [0.2, 0.25) is 10.0 Å². The lowest BCUT2D eigenvalue weighted by Gasteiger charge is -2.29. The Labute approximate surface area is 172 Å². The molecule has 0 saturated heterocycles. The van der Waals surface area contributed by atoms with E-state index in [1.165, 1.54) is 32.7 Å². The molecule has 0 aromatic heterocycles. The number of halogens is 3. The molecule has 0 bridgehead atoms. The molecule has 1 aliphatic rings. The average molecular weight is 438 g/mol. The van der Waals surface area contributed by atoms with E-state index in [1.807, 2.05) is 7.05 Å². The summed E-state index contributed by atoms with van der Waals surface area (Å²) < 4.78 is 65.3. The van der Waals surface area contributed by atoms with Crippen molar-refractivity contribution in [2.24, 2.45) is 11.7 Å². The third-order valence-electron chi connectivity index (χ3n) is 5.20. The molecule has 29 heavy (non-hydrogen) atoms.